The summed E-state index contributed by atoms with van der Waals surface area (Å²) >= 11 is 1.82. The van der Waals surface area contributed by atoms with Crippen LogP contribution in [0.1, 0.15) is 56.5 Å². The number of hydrogen-bond donors (Lipinski definition) is 1. The Balaban J connectivity index is 1.73. The Morgan fingerprint density at radius 2 is 2.08 bits per heavy atom. The first-order valence-electron chi connectivity index (χ1n) is 9.50. The van der Waals surface area contributed by atoms with Crippen molar-refractivity contribution in [2.45, 2.75) is 63.5 Å². The number of pyridine rings is 1. The monoisotopic (exact) mass is 358 g/mol. The van der Waals surface area contributed by atoms with E-state index in [1.54, 1.807) is 0 Å². The molecule has 1 N–H and O–H groups in total. The van der Waals surface area contributed by atoms with Gasteiger partial charge in [-0.2, -0.15) is 0 Å². The highest BCUT2D eigenvalue weighted by Crippen LogP contribution is 2.45. The van der Waals surface area contributed by atoms with Gasteiger partial charge in [0.25, 0.3) is 0 Å². The molecular formula is C21H30N2OS. The number of nitrogens with zero attached hydrogens (tertiary/aromatic N) is 1. The van der Waals surface area contributed by atoms with Gasteiger partial charge in [-0.1, -0.05) is 26.0 Å². The number of thiophene rings is 1. The van der Waals surface area contributed by atoms with Crippen molar-refractivity contribution in [3.8, 4) is 0 Å². The summed E-state index contributed by atoms with van der Waals surface area (Å²) in [6, 6.07) is 10.7. The second-order valence-electron chi connectivity index (χ2n) is 7.17. The minimum Gasteiger partial charge on any atom is -0.375 e. The van der Waals surface area contributed by atoms with Gasteiger partial charge in [-0.15, -0.1) is 11.3 Å². The van der Waals surface area contributed by atoms with E-state index in [-0.39, 0.29) is 11.0 Å². The maximum Gasteiger partial charge on any atom is 0.0686 e. The smallest absolute Gasteiger partial charge is 0.0686 e. The van der Waals surface area contributed by atoms with Gasteiger partial charge in [0.2, 0.25) is 0 Å². The topological polar surface area (TPSA) is 34.2 Å². The average molecular weight is 359 g/mol. The van der Waals surface area contributed by atoms with E-state index in [1.165, 1.54) is 10.6 Å². The van der Waals surface area contributed by atoms with Crippen LogP contribution >= 0.6 is 11.3 Å². The molecule has 2 aromatic heterocycles. The summed E-state index contributed by atoms with van der Waals surface area (Å²) in [4.78, 5) is 6.15. The molecule has 0 aromatic carbocycles. The third kappa shape index (κ3) is 4.30. The molecule has 0 saturated carbocycles. The van der Waals surface area contributed by atoms with Crippen molar-refractivity contribution >= 4 is 11.3 Å². The summed E-state index contributed by atoms with van der Waals surface area (Å²) in [5.74, 6) is 0. The zero-order valence-electron chi connectivity index (χ0n) is 15.5. The van der Waals surface area contributed by atoms with E-state index < -0.39 is 0 Å². The largest absolute Gasteiger partial charge is 0.375 e. The number of rotatable bonds is 8. The van der Waals surface area contributed by atoms with Crippen molar-refractivity contribution in [3.63, 3.8) is 0 Å². The van der Waals surface area contributed by atoms with E-state index >= 15 is 0 Å². The molecule has 25 heavy (non-hydrogen) atoms. The molecule has 0 radical (unpaired) electrons. The Morgan fingerprint density at radius 3 is 2.76 bits per heavy atom. The molecule has 2 aromatic rings. The van der Waals surface area contributed by atoms with E-state index in [4.69, 9.17) is 9.72 Å². The molecule has 1 fully saturated rings. The number of nitrogens with one attached hydrogen (secondary N) is 1. The molecule has 0 amide bonds. The van der Waals surface area contributed by atoms with Gasteiger partial charge < -0.3 is 10.1 Å². The van der Waals surface area contributed by atoms with E-state index in [9.17, 15) is 0 Å². The van der Waals surface area contributed by atoms with Crippen molar-refractivity contribution in [1.82, 2.24) is 10.3 Å². The summed E-state index contributed by atoms with van der Waals surface area (Å²) < 4.78 is 6.26. The highest BCUT2D eigenvalue weighted by atomic mass is 32.1. The highest BCUT2D eigenvalue weighted by Gasteiger charge is 2.45. The van der Waals surface area contributed by atoms with Gasteiger partial charge in [0.1, 0.15) is 0 Å². The Morgan fingerprint density at radius 1 is 1.20 bits per heavy atom. The highest BCUT2D eigenvalue weighted by molar-refractivity contribution is 7.09. The molecule has 0 spiro atoms. The maximum absolute atomic E-state index is 6.26. The van der Waals surface area contributed by atoms with Crippen molar-refractivity contribution in [1.29, 1.82) is 0 Å². The van der Waals surface area contributed by atoms with Crippen molar-refractivity contribution < 1.29 is 4.74 Å². The van der Waals surface area contributed by atoms with Crippen molar-refractivity contribution in [2.75, 3.05) is 13.2 Å². The van der Waals surface area contributed by atoms with Gasteiger partial charge in [0.05, 0.1) is 5.60 Å². The summed E-state index contributed by atoms with van der Waals surface area (Å²) in [5.41, 5.74) is 1.36. The molecular weight excluding hydrogens is 328 g/mol. The molecule has 1 aliphatic heterocycles. The molecule has 3 heterocycles. The van der Waals surface area contributed by atoms with Gasteiger partial charge >= 0.3 is 0 Å². The first kappa shape index (κ1) is 18.6. The second kappa shape index (κ2) is 8.43. The molecule has 3 rings (SSSR count). The number of aromatic nitrogens is 1. The fourth-order valence-corrected chi connectivity index (χ4v) is 4.79. The van der Waals surface area contributed by atoms with Crippen LogP contribution in [0.25, 0.3) is 0 Å². The van der Waals surface area contributed by atoms with Crippen LogP contribution in [0.5, 0.6) is 0 Å². The lowest BCUT2D eigenvalue weighted by atomic mass is 9.67. The van der Waals surface area contributed by atoms with Crippen molar-refractivity contribution in [2.24, 2.45) is 0 Å². The first-order valence-corrected chi connectivity index (χ1v) is 10.4. The normalized spacial score (nSPS) is 22.8. The maximum atomic E-state index is 6.26. The lowest BCUT2D eigenvalue weighted by Crippen LogP contribution is -2.48. The third-order valence-corrected chi connectivity index (χ3v) is 6.68. The van der Waals surface area contributed by atoms with Gasteiger partial charge in [-0.05, 0) is 62.2 Å². The quantitative estimate of drug-likeness (QED) is 0.679. The Bertz CT molecular complexity index is 625. The van der Waals surface area contributed by atoms with Crippen LogP contribution in [0.4, 0.5) is 0 Å². The zero-order chi connectivity index (χ0) is 17.6. The third-order valence-electron chi connectivity index (χ3n) is 5.81. The SMILES string of the molecule is CCC1(CC)CC(CCNCc2cccs2)(c2ccccn2)CCO1. The Kier molecular flexibility index (Phi) is 6.26. The Hall–Kier alpha value is -1.23. The lowest BCUT2D eigenvalue weighted by Gasteiger charge is -2.47. The first-order chi connectivity index (χ1) is 12.2. The minimum absolute atomic E-state index is 0.00350. The number of hydrogen-bond acceptors (Lipinski definition) is 4. The fraction of sp³-hybridized carbons (Fsp3) is 0.571. The molecule has 0 aliphatic carbocycles. The van der Waals surface area contributed by atoms with E-state index in [2.05, 4.69) is 48.8 Å². The van der Waals surface area contributed by atoms with Crippen LogP contribution < -0.4 is 5.32 Å². The molecule has 1 aliphatic rings. The summed E-state index contributed by atoms with van der Waals surface area (Å²) in [6.07, 6.45) is 7.32. The lowest BCUT2D eigenvalue weighted by molar-refractivity contribution is -0.113. The predicted molar refractivity (Wildman–Crippen MR) is 105 cm³/mol. The predicted octanol–water partition coefficient (Wildman–Crippen LogP) is 4.93. The summed E-state index contributed by atoms with van der Waals surface area (Å²) in [6.45, 7) is 7.32. The molecule has 136 valence electrons. The van der Waals surface area contributed by atoms with Crippen molar-refractivity contribution in [3.05, 3.63) is 52.5 Å². The average Bonchev–Trinajstić information content (AvgIpc) is 3.19. The Labute approximate surface area is 155 Å². The van der Waals surface area contributed by atoms with Gasteiger partial charge in [0, 0.05) is 35.3 Å². The van der Waals surface area contributed by atoms with E-state index in [0.717, 1.165) is 51.8 Å². The second-order valence-corrected chi connectivity index (χ2v) is 8.20. The van der Waals surface area contributed by atoms with E-state index in [0.29, 0.717) is 0 Å². The molecule has 3 nitrogen and oxygen atoms in total. The summed E-state index contributed by atoms with van der Waals surface area (Å²) in [7, 11) is 0. The van der Waals surface area contributed by atoms with Crippen LogP contribution in [-0.4, -0.2) is 23.7 Å². The standard InChI is InChI=1S/C21H30N2OS/c1-3-21(4-2)17-20(11-14-24-21,19-9-5-6-12-23-19)10-13-22-16-18-8-7-15-25-18/h5-9,12,15,22H,3-4,10-11,13-14,16-17H2,1-2H3. The molecule has 1 unspecified atom stereocenters. The van der Waals surface area contributed by atoms with Crippen LogP contribution in [-0.2, 0) is 16.7 Å². The van der Waals surface area contributed by atoms with Gasteiger partial charge in [-0.25, -0.2) is 0 Å². The van der Waals surface area contributed by atoms with Crippen LogP contribution in [0.15, 0.2) is 41.9 Å². The van der Waals surface area contributed by atoms with Crippen LogP contribution in [0.3, 0.4) is 0 Å². The van der Waals surface area contributed by atoms with Crippen LogP contribution in [0, 0.1) is 0 Å². The van der Waals surface area contributed by atoms with Gasteiger partial charge in [-0.3, -0.25) is 4.98 Å². The molecule has 1 saturated heterocycles. The zero-order valence-corrected chi connectivity index (χ0v) is 16.3. The van der Waals surface area contributed by atoms with Gasteiger partial charge in [0.15, 0.2) is 0 Å². The summed E-state index contributed by atoms with van der Waals surface area (Å²) in [5, 5.41) is 5.78. The number of ether oxygens (including phenoxy) is 1. The molecule has 4 heteroatoms. The molecule has 1 atom stereocenters. The fourth-order valence-electron chi connectivity index (χ4n) is 4.11. The molecule has 0 bridgehead atoms. The van der Waals surface area contributed by atoms with Crippen LogP contribution in [0.2, 0.25) is 0 Å². The van der Waals surface area contributed by atoms with E-state index in [1.807, 2.05) is 23.6 Å². The minimum atomic E-state index is 0.00350.